The molecule has 0 aliphatic carbocycles. The quantitative estimate of drug-likeness (QED) is 0.648. The first kappa shape index (κ1) is 15.0. The second-order valence-corrected chi connectivity index (χ2v) is 5.94. The summed E-state index contributed by atoms with van der Waals surface area (Å²) in [5, 5.41) is 0. The third kappa shape index (κ3) is 4.06. The van der Waals surface area contributed by atoms with Crippen LogP contribution in [-0.4, -0.2) is 46.2 Å². The minimum atomic E-state index is -0.411. The van der Waals surface area contributed by atoms with E-state index in [2.05, 4.69) is 10.9 Å². The lowest BCUT2D eigenvalue weighted by atomic mass is 10.3. The number of nitrogens with zero attached hydrogens (tertiary/aromatic N) is 2. The molecule has 0 aromatic heterocycles. The minimum Gasteiger partial charge on any atom is -0.348 e. The van der Waals surface area contributed by atoms with E-state index < -0.39 is 5.82 Å². The van der Waals surface area contributed by atoms with Crippen molar-refractivity contribution >= 4 is 39.9 Å². The number of carbonyl (C=O) groups excluding carboxylic acids is 1. The number of hydrogen-bond acceptors (Lipinski definition) is 5. The Hall–Kier alpha value is -1.38. The molecule has 2 N–H and O–H groups in total. The fourth-order valence-electron chi connectivity index (χ4n) is 1.69. The molecule has 0 saturated carbocycles. The summed E-state index contributed by atoms with van der Waals surface area (Å²) in [6.07, 6.45) is 0. The zero-order valence-corrected chi connectivity index (χ0v) is 12.6. The average Bonchev–Trinajstić information content (AvgIpc) is 2.42. The molecular formula is C12H15FN4OS2. The van der Waals surface area contributed by atoms with Crippen molar-refractivity contribution in [3.63, 3.8) is 0 Å². The molecule has 1 saturated heterocycles. The molecule has 0 radical (unpaired) electrons. The molecule has 0 spiro atoms. The lowest BCUT2D eigenvalue weighted by molar-refractivity contribution is -0.121. The van der Waals surface area contributed by atoms with E-state index >= 15 is 0 Å². The molecule has 1 fully saturated rings. The molecule has 1 aromatic carbocycles. The van der Waals surface area contributed by atoms with Crippen LogP contribution in [0.1, 0.15) is 0 Å². The van der Waals surface area contributed by atoms with E-state index in [0.29, 0.717) is 12.5 Å². The monoisotopic (exact) mass is 314 g/mol. The maximum atomic E-state index is 13.3. The normalized spacial score (nSPS) is 16.1. The second kappa shape index (κ2) is 6.87. The van der Waals surface area contributed by atoms with Crippen molar-refractivity contribution in [2.75, 3.05) is 31.6 Å². The van der Waals surface area contributed by atoms with Gasteiger partial charge in [-0.05, 0) is 12.1 Å². The fraction of sp³-hybridized carbons (Fsp3) is 0.333. The number of thioether (sulfide) groups is 1. The topological polar surface area (TPSA) is 47.6 Å². The van der Waals surface area contributed by atoms with Crippen molar-refractivity contribution in [2.24, 2.45) is 0 Å². The molecule has 1 aliphatic rings. The van der Waals surface area contributed by atoms with Gasteiger partial charge in [0.1, 0.15) is 10.1 Å². The highest BCUT2D eigenvalue weighted by atomic mass is 32.2. The molecule has 1 aliphatic heterocycles. The summed E-state index contributed by atoms with van der Waals surface area (Å²) in [5.41, 5.74) is 5.30. The van der Waals surface area contributed by atoms with Gasteiger partial charge in [-0.2, -0.15) is 0 Å². The maximum Gasteiger partial charge on any atom is 0.252 e. The molecule has 20 heavy (non-hydrogen) atoms. The largest absolute Gasteiger partial charge is 0.348 e. The Morgan fingerprint density at radius 3 is 2.95 bits per heavy atom. The number of para-hydroxylation sites is 1. The van der Waals surface area contributed by atoms with E-state index in [1.165, 1.54) is 17.8 Å². The Kier molecular flexibility index (Phi) is 5.16. The van der Waals surface area contributed by atoms with E-state index in [4.69, 9.17) is 12.2 Å². The first-order valence-corrected chi connectivity index (χ1v) is 7.35. The van der Waals surface area contributed by atoms with E-state index in [-0.39, 0.29) is 18.1 Å². The zero-order valence-electron chi connectivity index (χ0n) is 10.9. The van der Waals surface area contributed by atoms with Crippen molar-refractivity contribution in [3.8, 4) is 0 Å². The van der Waals surface area contributed by atoms with Crippen molar-refractivity contribution in [1.29, 1.82) is 0 Å². The highest BCUT2D eigenvalue weighted by Crippen LogP contribution is 2.16. The van der Waals surface area contributed by atoms with Gasteiger partial charge < -0.3 is 4.90 Å². The van der Waals surface area contributed by atoms with Crippen molar-refractivity contribution in [2.45, 2.75) is 0 Å². The van der Waals surface area contributed by atoms with Crippen molar-refractivity contribution in [3.05, 3.63) is 30.1 Å². The first-order chi connectivity index (χ1) is 9.56. The Balaban J connectivity index is 1.79. The predicted molar refractivity (Wildman–Crippen MR) is 82.6 cm³/mol. The highest BCUT2D eigenvalue weighted by Gasteiger charge is 2.20. The lowest BCUT2D eigenvalue weighted by Gasteiger charge is -2.33. The van der Waals surface area contributed by atoms with E-state index in [0.717, 1.165) is 4.32 Å². The molecule has 0 unspecified atom stereocenters. The van der Waals surface area contributed by atoms with Gasteiger partial charge >= 0.3 is 0 Å². The lowest BCUT2D eigenvalue weighted by Crippen LogP contribution is -2.47. The number of rotatable bonds is 4. The third-order valence-corrected chi connectivity index (χ3v) is 4.39. The predicted octanol–water partition coefficient (Wildman–Crippen LogP) is 1.45. The fourth-order valence-corrected chi connectivity index (χ4v) is 2.65. The molecule has 1 amide bonds. The molecule has 2 rings (SSSR count). The van der Waals surface area contributed by atoms with Crippen LogP contribution < -0.4 is 10.9 Å². The molecule has 108 valence electrons. The molecule has 8 heteroatoms. The van der Waals surface area contributed by atoms with E-state index in [1.807, 2.05) is 16.8 Å². The summed E-state index contributed by atoms with van der Waals surface area (Å²) >= 11 is 6.65. The maximum absolute atomic E-state index is 13.3. The summed E-state index contributed by atoms with van der Waals surface area (Å²) in [6, 6.07) is 6.16. The Labute approximate surface area is 126 Å². The Bertz CT molecular complexity index is 514. The molecule has 5 nitrogen and oxygen atoms in total. The second-order valence-electron chi connectivity index (χ2n) is 4.36. The van der Waals surface area contributed by atoms with Crippen LogP contribution in [0.25, 0.3) is 0 Å². The third-order valence-electron chi connectivity index (χ3n) is 2.67. The van der Waals surface area contributed by atoms with Gasteiger partial charge in [0.2, 0.25) is 0 Å². The summed E-state index contributed by atoms with van der Waals surface area (Å²) in [5.74, 6) is 0.0394. The van der Waals surface area contributed by atoms with Gasteiger partial charge in [0.15, 0.2) is 0 Å². The van der Waals surface area contributed by atoms with Crippen LogP contribution in [-0.2, 0) is 4.79 Å². The van der Waals surface area contributed by atoms with Gasteiger partial charge in [0.05, 0.1) is 24.8 Å². The summed E-state index contributed by atoms with van der Waals surface area (Å²) in [4.78, 5) is 15.6. The summed E-state index contributed by atoms with van der Waals surface area (Å²) in [7, 11) is 1.89. The van der Waals surface area contributed by atoms with Crippen LogP contribution in [0, 0.1) is 5.82 Å². The van der Waals surface area contributed by atoms with Crippen LogP contribution in [0.15, 0.2) is 24.3 Å². The van der Waals surface area contributed by atoms with Gasteiger partial charge in [0.25, 0.3) is 5.91 Å². The van der Waals surface area contributed by atoms with Crippen molar-refractivity contribution in [1.82, 2.24) is 15.2 Å². The van der Waals surface area contributed by atoms with E-state index in [1.54, 1.807) is 18.2 Å². The standard InChI is InChI=1S/C12H15FN4OS2/c1-16-7-17(8-20-12(16)19)6-11(18)15-14-10-5-3-2-4-9(10)13/h2-5,14H,6-8H2,1H3,(H,15,18). The van der Waals surface area contributed by atoms with Gasteiger partial charge in [0, 0.05) is 7.05 Å². The molecular weight excluding hydrogens is 299 g/mol. The zero-order chi connectivity index (χ0) is 14.5. The molecule has 0 atom stereocenters. The molecule has 1 aromatic rings. The number of thiocarbonyl (C=S) groups is 1. The van der Waals surface area contributed by atoms with E-state index in [9.17, 15) is 9.18 Å². The Morgan fingerprint density at radius 1 is 1.50 bits per heavy atom. The van der Waals surface area contributed by atoms with Gasteiger partial charge in [-0.1, -0.05) is 36.1 Å². The number of anilines is 1. The summed E-state index contributed by atoms with van der Waals surface area (Å²) in [6.45, 7) is 0.834. The number of hydrazine groups is 1. The number of benzene rings is 1. The van der Waals surface area contributed by atoms with Gasteiger partial charge in [-0.25, -0.2) is 4.39 Å². The molecule has 0 bridgehead atoms. The Morgan fingerprint density at radius 2 is 2.25 bits per heavy atom. The number of carbonyl (C=O) groups is 1. The van der Waals surface area contributed by atoms with Crippen LogP contribution in [0.5, 0.6) is 0 Å². The van der Waals surface area contributed by atoms with Crippen LogP contribution in [0.2, 0.25) is 0 Å². The van der Waals surface area contributed by atoms with Crippen LogP contribution in [0.3, 0.4) is 0 Å². The van der Waals surface area contributed by atoms with Crippen LogP contribution >= 0.6 is 24.0 Å². The highest BCUT2D eigenvalue weighted by molar-refractivity contribution is 8.22. The van der Waals surface area contributed by atoms with Crippen LogP contribution in [0.4, 0.5) is 10.1 Å². The smallest absolute Gasteiger partial charge is 0.252 e. The van der Waals surface area contributed by atoms with Gasteiger partial charge in [-0.15, -0.1) is 0 Å². The van der Waals surface area contributed by atoms with Gasteiger partial charge in [-0.3, -0.25) is 20.5 Å². The number of hydrogen-bond donors (Lipinski definition) is 2. The first-order valence-electron chi connectivity index (χ1n) is 5.96. The number of amides is 1. The average molecular weight is 314 g/mol. The number of nitrogens with one attached hydrogen (secondary N) is 2. The SMILES string of the molecule is CN1CN(CC(=O)NNc2ccccc2F)CSC1=S. The number of halogens is 1. The summed E-state index contributed by atoms with van der Waals surface area (Å²) < 4.78 is 14.2. The minimum absolute atomic E-state index is 0.224. The van der Waals surface area contributed by atoms with Crippen molar-refractivity contribution < 1.29 is 9.18 Å². The molecule has 1 heterocycles.